The number of benzene rings is 2. The number of aromatic amines is 1. The van der Waals surface area contributed by atoms with Gasteiger partial charge in [0.05, 0.1) is 10.9 Å². The van der Waals surface area contributed by atoms with Crippen LogP contribution in [0.25, 0.3) is 10.9 Å². The molecule has 0 aliphatic rings. The van der Waals surface area contributed by atoms with Crippen molar-refractivity contribution in [1.82, 2.24) is 15.5 Å². The lowest BCUT2D eigenvalue weighted by Crippen LogP contribution is -2.33. The third-order valence-corrected chi connectivity index (χ3v) is 3.52. The van der Waals surface area contributed by atoms with Crippen LogP contribution in [0.1, 0.15) is 0 Å². The van der Waals surface area contributed by atoms with Gasteiger partial charge >= 0.3 is 0 Å². The monoisotopic (exact) mass is 327 g/mol. The van der Waals surface area contributed by atoms with E-state index in [-0.39, 0.29) is 6.61 Å². The van der Waals surface area contributed by atoms with E-state index in [0.717, 1.165) is 16.7 Å². The molecule has 0 saturated carbocycles. The molecule has 6 heteroatoms. The number of rotatable bonds is 9. The molecule has 0 aliphatic carbocycles. The topological polar surface area (TPSA) is 79.4 Å². The molecule has 0 fully saturated rings. The van der Waals surface area contributed by atoms with Crippen LogP contribution in [0, 0.1) is 0 Å². The summed E-state index contributed by atoms with van der Waals surface area (Å²) in [5.41, 5.74) is 0.915. The molecular formula is C18H21N3O3. The minimum atomic E-state index is -0.614. The van der Waals surface area contributed by atoms with E-state index in [0.29, 0.717) is 25.6 Å². The van der Waals surface area contributed by atoms with Gasteiger partial charge in [-0.3, -0.25) is 5.10 Å². The summed E-state index contributed by atoms with van der Waals surface area (Å²) in [4.78, 5) is 0. The standard InChI is InChI=1S/C18H21N3O3/c22-14(12-19-10-11-23-15-6-2-1-3-7-15)13-24-18-16-8-4-5-9-17(16)20-21-18/h1-9,14,19,22H,10-13H2,(H,20,21). The summed E-state index contributed by atoms with van der Waals surface area (Å²) in [6.07, 6.45) is -0.614. The van der Waals surface area contributed by atoms with Crippen LogP contribution < -0.4 is 14.8 Å². The fourth-order valence-corrected chi connectivity index (χ4v) is 2.31. The van der Waals surface area contributed by atoms with Gasteiger partial charge in [0, 0.05) is 13.1 Å². The number of H-pyrrole nitrogens is 1. The molecule has 0 saturated heterocycles. The van der Waals surface area contributed by atoms with Crippen molar-refractivity contribution < 1.29 is 14.6 Å². The van der Waals surface area contributed by atoms with Crippen molar-refractivity contribution in [3.8, 4) is 11.6 Å². The Morgan fingerprint density at radius 1 is 1.04 bits per heavy atom. The molecule has 0 amide bonds. The smallest absolute Gasteiger partial charge is 0.240 e. The van der Waals surface area contributed by atoms with Crippen LogP contribution in [0.3, 0.4) is 0 Å². The van der Waals surface area contributed by atoms with Gasteiger partial charge in [-0.1, -0.05) is 30.3 Å². The van der Waals surface area contributed by atoms with Crippen molar-refractivity contribution in [1.29, 1.82) is 0 Å². The predicted molar refractivity (Wildman–Crippen MR) is 92.4 cm³/mol. The number of hydrogen-bond acceptors (Lipinski definition) is 5. The zero-order chi connectivity index (χ0) is 16.6. The number of aliphatic hydroxyl groups is 1. The highest BCUT2D eigenvalue weighted by Crippen LogP contribution is 2.21. The maximum atomic E-state index is 9.97. The summed E-state index contributed by atoms with van der Waals surface area (Å²) in [5, 5.41) is 21.0. The van der Waals surface area contributed by atoms with Gasteiger partial charge in [0.15, 0.2) is 0 Å². The molecule has 6 nitrogen and oxygen atoms in total. The van der Waals surface area contributed by atoms with Gasteiger partial charge in [-0.05, 0) is 24.3 Å². The molecule has 3 rings (SSSR count). The predicted octanol–water partition coefficient (Wildman–Crippen LogP) is 1.97. The molecule has 2 aromatic carbocycles. The summed E-state index contributed by atoms with van der Waals surface area (Å²) in [6.45, 7) is 1.81. The van der Waals surface area contributed by atoms with Gasteiger partial charge < -0.3 is 19.9 Å². The lowest BCUT2D eigenvalue weighted by molar-refractivity contribution is 0.104. The molecule has 1 atom stereocenters. The van der Waals surface area contributed by atoms with Crippen LogP contribution in [0.15, 0.2) is 54.6 Å². The van der Waals surface area contributed by atoms with Crippen molar-refractivity contribution in [2.45, 2.75) is 6.10 Å². The molecule has 0 bridgehead atoms. The molecular weight excluding hydrogens is 306 g/mol. The Morgan fingerprint density at radius 2 is 1.83 bits per heavy atom. The average Bonchev–Trinajstić information content (AvgIpc) is 3.04. The molecule has 1 heterocycles. The van der Waals surface area contributed by atoms with E-state index in [9.17, 15) is 5.11 Å². The minimum Gasteiger partial charge on any atom is -0.492 e. The number of nitrogens with zero attached hydrogens (tertiary/aromatic N) is 1. The lowest BCUT2D eigenvalue weighted by atomic mass is 10.2. The molecule has 0 spiro atoms. The first-order valence-corrected chi connectivity index (χ1v) is 7.95. The van der Waals surface area contributed by atoms with Gasteiger partial charge in [-0.15, -0.1) is 5.10 Å². The number of nitrogens with one attached hydrogen (secondary N) is 2. The second-order valence-corrected chi connectivity index (χ2v) is 5.40. The molecule has 0 aliphatic heterocycles. The van der Waals surface area contributed by atoms with E-state index in [1.807, 2.05) is 54.6 Å². The first-order valence-electron chi connectivity index (χ1n) is 7.95. The zero-order valence-corrected chi connectivity index (χ0v) is 13.3. The van der Waals surface area contributed by atoms with E-state index in [1.165, 1.54) is 0 Å². The third kappa shape index (κ3) is 4.47. The van der Waals surface area contributed by atoms with Gasteiger partial charge in [-0.2, -0.15) is 0 Å². The number of fused-ring (bicyclic) bond motifs is 1. The maximum absolute atomic E-state index is 9.97. The normalized spacial score (nSPS) is 12.2. The van der Waals surface area contributed by atoms with Crippen molar-refractivity contribution in [3.05, 3.63) is 54.6 Å². The lowest BCUT2D eigenvalue weighted by Gasteiger charge is -2.12. The van der Waals surface area contributed by atoms with Crippen LogP contribution in [-0.2, 0) is 0 Å². The van der Waals surface area contributed by atoms with Crippen molar-refractivity contribution in [2.75, 3.05) is 26.3 Å². The molecule has 3 N–H and O–H groups in total. The Morgan fingerprint density at radius 3 is 2.71 bits per heavy atom. The summed E-state index contributed by atoms with van der Waals surface area (Å²) in [6, 6.07) is 17.4. The van der Waals surface area contributed by atoms with Crippen LogP contribution in [0.2, 0.25) is 0 Å². The Hall–Kier alpha value is -2.57. The van der Waals surface area contributed by atoms with Crippen molar-refractivity contribution in [2.24, 2.45) is 0 Å². The highest BCUT2D eigenvalue weighted by atomic mass is 16.5. The fourth-order valence-electron chi connectivity index (χ4n) is 2.31. The van der Waals surface area contributed by atoms with E-state index in [4.69, 9.17) is 9.47 Å². The van der Waals surface area contributed by atoms with Gasteiger partial charge in [0.2, 0.25) is 5.88 Å². The van der Waals surface area contributed by atoms with Crippen molar-refractivity contribution >= 4 is 10.9 Å². The zero-order valence-electron chi connectivity index (χ0n) is 13.3. The first kappa shape index (κ1) is 16.3. The Balaban J connectivity index is 1.33. The number of ether oxygens (including phenoxy) is 2. The Kier molecular flexibility index (Phi) is 5.65. The highest BCUT2D eigenvalue weighted by Gasteiger charge is 2.09. The SMILES string of the molecule is OC(CNCCOc1ccccc1)COc1n[nH]c2ccccc12. The summed E-state index contributed by atoms with van der Waals surface area (Å²) in [7, 11) is 0. The van der Waals surface area contributed by atoms with Crippen molar-refractivity contribution in [3.63, 3.8) is 0 Å². The molecule has 1 unspecified atom stereocenters. The largest absolute Gasteiger partial charge is 0.492 e. The first-order chi connectivity index (χ1) is 11.8. The molecule has 0 radical (unpaired) electrons. The second-order valence-electron chi connectivity index (χ2n) is 5.40. The fraction of sp³-hybridized carbons (Fsp3) is 0.278. The summed E-state index contributed by atoms with van der Waals surface area (Å²) < 4.78 is 11.1. The Bertz CT molecular complexity index is 745. The van der Waals surface area contributed by atoms with Gasteiger partial charge in [0.1, 0.15) is 25.1 Å². The minimum absolute atomic E-state index is 0.182. The number of hydrogen-bond donors (Lipinski definition) is 3. The van der Waals surface area contributed by atoms with E-state index in [1.54, 1.807) is 0 Å². The molecule has 1 aromatic heterocycles. The van der Waals surface area contributed by atoms with E-state index in [2.05, 4.69) is 15.5 Å². The highest BCUT2D eigenvalue weighted by molar-refractivity contribution is 5.83. The number of aromatic nitrogens is 2. The Labute approximate surface area is 140 Å². The molecule has 24 heavy (non-hydrogen) atoms. The average molecular weight is 327 g/mol. The third-order valence-electron chi connectivity index (χ3n) is 3.52. The van der Waals surface area contributed by atoms with Gasteiger partial charge in [-0.25, -0.2) is 0 Å². The molecule has 3 aromatic rings. The second kappa shape index (κ2) is 8.33. The summed E-state index contributed by atoms with van der Waals surface area (Å²) >= 11 is 0. The van der Waals surface area contributed by atoms with E-state index >= 15 is 0 Å². The number of aliphatic hydroxyl groups excluding tert-OH is 1. The summed E-state index contributed by atoms with van der Waals surface area (Å²) in [5.74, 6) is 1.35. The van der Waals surface area contributed by atoms with Gasteiger partial charge in [0.25, 0.3) is 0 Å². The molecule has 126 valence electrons. The quantitative estimate of drug-likeness (QED) is 0.524. The van der Waals surface area contributed by atoms with Crippen LogP contribution in [0.4, 0.5) is 0 Å². The van der Waals surface area contributed by atoms with Crippen LogP contribution >= 0.6 is 0 Å². The maximum Gasteiger partial charge on any atom is 0.240 e. The van der Waals surface area contributed by atoms with Crippen LogP contribution in [0.5, 0.6) is 11.6 Å². The van der Waals surface area contributed by atoms with E-state index < -0.39 is 6.10 Å². The number of para-hydroxylation sites is 2. The van der Waals surface area contributed by atoms with Crippen LogP contribution in [-0.4, -0.2) is 47.7 Å².